The molecule has 0 aliphatic heterocycles. The van der Waals surface area contributed by atoms with E-state index in [4.69, 9.17) is 23.2 Å². The molecule has 174 valence electrons. The van der Waals surface area contributed by atoms with Gasteiger partial charge in [-0.1, -0.05) is 79.9 Å². The van der Waals surface area contributed by atoms with Crippen LogP contribution in [0.3, 0.4) is 0 Å². The summed E-state index contributed by atoms with van der Waals surface area (Å²) in [6, 6.07) is 13.1. The van der Waals surface area contributed by atoms with Crippen molar-refractivity contribution >= 4 is 46.8 Å². The Labute approximate surface area is 206 Å². The van der Waals surface area contributed by atoms with E-state index in [0.717, 1.165) is 16.7 Å². The summed E-state index contributed by atoms with van der Waals surface area (Å²) >= 11 is 13.6. The predicted molar refractivity (Wildman–Crippen MR) is 136 cm³/mol. The smallest absolute Gasteiger partial charge is 0.242 e. The first-order valence-corrected chi connectivity index (χ1v) is 12.8. The van der Waals surface area contributed by atoms with E-state index in [1.807, 2.05) is 50.2 Å². The molecule has 32 heavy (non-hydrogen) atoms. The van der Waals surface area contributed by atoms with Gasteiger partial charge in [0.15, 0.2) is 0 Å². The van der Waals surface area contributed by atoms with Gasteiger partial charge in [-0.05, 0) is 42.5 Å². The summed E-state index contributed by atoms with van der Waals surface area (Å²) in [4.78, 5) is 27.9. The number of thioether (sulfide) groups is 1. The Morgan fingerprint density at radius 2 is 1.69 bits per heavy atom. The summed E-state index contributed by atoms with van der Waals surface area (Å²) in [6.07, 6.45) is 0.555. The normalized spacial score (nSPS) is 12.0. The zero-order chi connectivity index (χ0) is 23.7. The molecule has 0 aromatic heterocycles. The van der Waals surface area contributed by atoms with Gasteiger partial charge in [0.2, 0.25) is 11.8 Å². The second-order valence-corrected chi connectivity index (χ2v) is 10.1. The third kappa shape index (κ3) is 8.34. The Morgan fingerprint density at radius 1 is 1.03 bits per heavy atom. The molecule has 1 unspecified atom stereocenters. The number of hydrogen-bond donors (Lipinski definition) is 1. The standard InChI is InChI=1S/C25H32Cl2N2O2S/c1-5-23(25(31)28-13-17(2)3)29(14-19-8-6-18(4)7-9-19)24(30)16-32-15-20-10-11-21(26)22(27)12-20/h6-12,17,23H,5,13-16H2,1-4H3,(H,28,31). The first-order valence-electron chi connectivity index (χ1n) is 10.9. The molecule has 0 aliphatic carbocycles. The number of carbonyl (C=O) groups is 2. The minimum atomic E-state index is -0.506. The van der Waals surface area contributed by atoms with Crippen molar-refractivity contribution in [2.24, 2.45) is 5.92 Å². The average Bonchev–Trinajstić information content (AvgIpc) is 2.75. The Balaban J connectivity index is 2.11. The van der Waals surface area contributed by atoms with Gasteiger partial charge in [-0.25, -0.2) is 0 Å². The van der Waals surface area contributed by atoms with Crippen LogP contribution in [0.15, 0.2) is 42.5 Å². The van der Waals surface area contributed by atoms with E-state index >= 15 is 0 Å². The number of halogens is 2. The van der Waals surface area contributed by atoms with Crippen LogP contribution in [0.25, 0.3) is 0 Å². The van der Waals surface area contributed by atoms with E-state index in [1.165, 1.54) is 11.8 Å². The molecule has 0 fully saturated rings. The Bertz CT molecular complexity index is 903. The molecular weight excluding hydrogens is 463 g/mol. The molecule has 0 spiro atoms. The van der Waals surface area contributed by atoms with Crippen LogP contribution < -0.4 is 5.32 Å². The largest absolute Gasteiger partial charge is 0.354 e. The summed E-state index contributed by atoms with van der Waals surface area (Å²) in [5, 5.41) is 4.01. The van der Waals surface area contributed by atoms with E-state index < -0.39 is 6.04 Å². The number of benzene rings is 2. The topological polar surface area (TPSA) is 49.4 Å². The van der Waals surface area contributed by atoms with Crippen molar-refractivity contribution < 1.29 is 9.59 Å². The summed E-state index contributed by atoms with van der Waals surface area (Å²) in [7, 11) is 0. The number of aryl methyl sites for hydroxylation is 1. The summed E-state index contributed by atoms with van der Waals surface area (Å²) in [6.45, 7) is 9.07. The lowest BCUT2D eigenvalue weighted by atomic mass is 10.1. The molecule has 2 amide bonds. The lowest BCUT2D eigenvalue weighted by molar-refractivity contribution is -0.139. The van der Waals surface area contributed by atoms with Crippen LogP contribution >= 0.6 is 35.0 Å². The Hall–Kier alpha value is -1.69. The number of nitrogens with zero attached hydrogens (tertiary/aromatic N) is 1. The van der Waals surface area contributed by atoms with Gasteiger partial charge in [0.25, 0.3) is 0 Å². The van der Waals surface area contributed by atoms with Crippen LogP contribution in [0.5, 0.6) is 0 Å². The summed E-state index contributed by atoms with van der Waals surface area (Å²) in [5.74, 6) is 1.11. The molecule has 0 heterocycles. The maximum Gasteiger partial charge on any atom is 0.242 e. The van der Waals surface area contributed by atoms with Crippen molar-refractivity contribution in [3.05, 3.63) is 69.2 Å². The highest BCUT2D eigenvalue weighted by atomic mass is 35.5. The van der Waals surface area contributed by atoms with Gasteiger partial charge >= 0.3 is 0 Å². The van der Waals surface area contributed by atoms with Gasteiger partial charge in [0, 0.05) is 18.8 Å². The van der Waals surface area contributed by atoms with Crippen molar-refractivity contribution in [1.82, 2.24) is 10.2 Å². The highest BCUT2D eigenvalue weighted by Gasteiger charge is 2.28. The molecule has 2 aromatic rings. The Morgan fingerprint density at radius 3 is 2.28 bits per heavy atom. The SMILES string of the molecule is CCC(C(=O)NCC(C)C)N(Cc1ccc(C)cc1)C(=O)CSCc1ccc(Cl)c(Cl)c1. The summed E-state index contributed by atoms with van der Waals surface area (Å²) in [5.41, 5.74) is 3.17. The first kappa shape index (κ1) is 26.6. The predicted octanol–water partition coefficient (Wildman–Crippen LogP) is 6.11. The maximum absolute atomic E-state index is 13.2. The molecule has 4 nitrogen and oxygen atoms in total. The van der Waals surface area contributed by atoms with Crippen LogP contribution in [0.2, 0.25) is 10.0 Å². The van der Waals surface area contributed by atoms with Crippen molar-refractivity contribution in [3.63, 3.8) is 0 Å². The zero-order valence-corrected chi connectivity index (χ0v) is 21.5. The molecule has 1 atom stereocenters. The lowest BCUT2D eigenvalue weighted by Crippen LogP contribution is -2.50. The van der Waals surface area contributed by atoms with Crippen molar-refractivity contribution in [2.45, 2.75) is 52.5 Å². The Kier molecular flexibility index (Phi) is 10.9. The first-order chi connectivity index (χ1) is 15.2. The molecule has 0 bridgehead atoms. The van der Waals surface area contributed by atoms with E-state index in [-0.39, 0.29) is 17.6 Å². The number of nitrogens with one attached hydrogen (secondary N) is 1. The second-order valence-electron chi connectivity index (χ2n) is 8.31. The maximum atomic E-state index is 13.2. The fourth-order valence-electron chi connectivity index (χ4n) is 3.20. The van der Waals surface area contributed by atoms with Gasteiger partial charge in [-0.2, -0.15) is 0 Å². The fourth-order valence-corrected chi connectivity index (χ4v) is 4.38. The minimum absolute atomic E-state index is 0.0535. The molecule has 2 aromatic carbocycles. The molecule has 0 aliphatic rings. The van der Waals surface area contributed by atoms with Crippen LogP contribution in [-0.4, -0.2) is 35.1 Å². The third-order valence-corrected chi connectivity index (χ3v) is 6.75. The molecule has 7 heteroatoms. The number of amides is 2. The number of rotatable bonds is 11. The van der Waals surface area contributed by atoms with Crippen LogP contribution in [0.1, 0.15) is 43.9 Å². The van der Waals surface area contributed by atoms with Crippen LogP contribution in [0, 0.1) is 12.8 Å². The number of carbonyl (C=O) groups excluding carboxylic acids is 2. The van der Waals surface area contributed by atoms with Crippen LogP contribution in [-0.2, 0) is 21.9 Å². The molecule has 2 rings (SSSR count). The van der Waals surface area contributed by atoms with Crippen LogP contribution in [0.4, 0.5) is 0 Å². The highest BCUT2D eigenvalue weighted by Crippen LogP contribution is 2.25. The summed E-state index contributed by atoms with van der Waals surface area (Å²) < 4.78 is 0. The lowest BCUT2D eigenvalue weighted by Gasteiger charge is -2.31. The van der Waals surface area contributed by atoms with E-state index in [9.17, 15) is 9.59 Å². The molecule has 1 N–H and O–H groups in total. The number of hydrogen-bond acceptors (Lipinski definition) is 3. The van der Waals surface area contributed by atoms with Crippen molar-refractivity contribution in [3.8, 4) is 0 Å². The van der Waals surface area contributed by atoms with Gasteiger partial charge < -0.3 is 10.2 Å². The van der Waals surface area contributed by atoms with Gasteiger partial charge in [-0.15, -0.1) is 11.8 Å². The van der Waals surface area contributed by atoms with Crippen molar-refractivity contribution in [2.75, 3.05) is 12.3 Å². The van der Waals surface area contributed by atoms with Gasteiger partial charge in [0.1, 0.15) is 6.04 Å². The van der Waals surface area contributed by atoms with Gasteiger partial charge in [-0.3, -0.25) is 9.59 Å². The monoisotopic (exact) mass is 494 g/mol. The fraction of sp³-hybridized carbons (Fsp3) is 0.440. The highest BCUT2D eigenvalue weighted by molar-refractivity contribution is 7.99. The molecule has 0 saturated carbocycles. The van der Waals surface area contributed by atoms with E-state index in [1.54, 1.807) is 11.0 Å². The average molecular weight is 496 g/mol. The molecular formula is C25H32Cl2N2O2S. The third-order valence-electron chi connectivity index (χ3n) is 5.02. The molecule has 0 radical (unpaired) electrons. The zero-order valence-electron chi connectivity index (χ0n) is 19.2. The van der Waals surface area contributed by atoms with E-state index in [2.05, 4.69) is 19.2 Å². The second kappa shape index (κ2) is 13.1. The van der Waals surface area contributed by atoms with Gasteiger partial charge in [0.05, 0.1) is 15.8 Å². The minimum Gasteiger partial charge on any atom is -0.354 e. The van der Waals surface area contributed by atoms with E-state index in [0.29, 0.717) is 41.2 Å². The molecule has 0 saturated heterocycles. The quantitative estimate of drug-likeness (QED) is 0.409. The van der Waals surface area contributed by atoms with Crippen molar-refractivity contribution in [1.29, 1.82) is 0 Å².